The van der Waals surface area contributed by atoms with Crippen molar-refractivity contribution in [2.75, 3.05) is 22.5 Å². The summed E-state index contributed by atoms with van der Waals surface area (Å²) in [7, 11) is 0. The topological polar surface area (TPSA) is 66.0 Å². The van der Waals surface area contributed by atoms with Crippen LogP contribution in [-0.2, 0) is 12.4 Å². The molecule has 2 amide bonds. The van der Waals surface area contributed by atoms with Crippen molar-refractivity contribution in [1.82, 2.24) is 4.98 Å². The Labute approximate surface area is 184 Å². The summed E-state index contributed by atoms with van der Waals surface area (Å²) in [6.07, 6.45) is -7.85. The summed E-state index contributed by atoms with van der Waals surface area (Å²) in [5, 5.41) is 7.47. The maximum Gasteiger partial charge on any atom is 0.417 e. The predicted octanol–water partition coefficient (Wildman–Crippen LogP) is 6.86. The number of hydrogen-bond donors (Lipinski definition) is 3. The van der Waals surface area contributed by atoms with E-state index in [9.17, 15) is 31.1 Å². The highest BCUT2D eigenvalue weighted by Gasteiger charge is 2.34. The third-order valence-electron chi connectivity index (χ3n) is 4.48. The molecule has 0 aliphatic carbocycles. The van der Waals surface area contributed by atoms with Gasteiger partial charge < -0.3 is 16.0 Å². The van der Waals surface area contributed by atoms with E-state index in [0.29, 0.717) is 12.4 Å². The van der Waals surface area contributed by atoms with Gasteiger partial charge in [-0.1, -0.05) is 6.07 Å². The molecular weight excluding hydrogens is 450 g/mol. The largest absolute Gasteiger partial charge is 0.417 e. The Morgan fingerprint density at radius 1 is 0.848 bits per heavy atom. The zero-order valence-electron chi connectivity index (χ0n) is 17.1. The Balaban J connectivity index is 1.81. The first-order chi connectivity index (χ1) is 15.5. The molecule has 11 heteroatoms. The molecule has 3 rings (SSSR count). The molecule has 0 spiro atoms. The summed E-state index contributed by atoms with van der Waals surface area (Å²) >= 11 is 0. The second kappa shape index (κ2) is 9.39. The van der Waals surface area contributed by atoms with Gasteiger partial charge in [0, 0.05) is 24.1 Å². The highest BCUT2D eigenvalue weighted by atomic mass is 19.4. The van der Waals surface area contributed by atoms with Crippen LogP contribution >= 0.6 is 0 Å². The maximum absolute atomic E-state index is 13.7. The molecule has 0 aliphatic rings. The molecule has 2 aromatic carbocycles. The van der Waals surface area contributed by atoms with Crippen LogP contribution in [0.4, 0.5) is 48.3 Å². The van der Waals surface area contributed by atoms with Crippen molar-refractivity contribution in [3.05, 3.63) is 71.9 Å². The van der Waals surface area contributed by atoms with Crippen LogP contribution in [0.2, 0.25) is 0 Å². The molecule has 5 nitrogen and oxygen atoms in total. The maximum atomic E-state index is 13.7. The van der Waals surface area contributed by atoms with Gasteiger partial charge in [-0.25, -0.2) is 9.78 Å². The Morgan fingerprint density at radius 2 is 1.48 bits per heavy atom. The van der Waals surface area contributed by atoms with Gasteiger partial charge in [-0.05, 0) is 66.6 Å². The van der Waals surface area contributed by atoms with E-state index in [1.165, 1.54) is 30.5 Å². The number of carbonyl (C=O) groups excluding carboxylic acids is 1. The zero-order chi connectivity index (χ0) is 24.2. The third-order valence-corrected chi connectivity index (χ3v) is 4.48. The fourth-order valence-corrected chi connectivity index (χ4v) is 3.02. The fourth-order valence-electron chi connectivity index (χ4n) is 3.02. The number of halogens is 6. The number of benzene rings is 2. The van der Waals surface area contributed by atoms with Crippen LogP contribution in [0, 0.1) is 0 Å². The van der Waals surface area contributed by atoms with E-state index in [1.807, 2.05) is 6.92 Å². The van der Waals surface area contributed by atoms with E-state index in [4.69, 9.17) is 0 Å². The van der Waals surface area contributed by atoms with Crippen molar-refractivity contribution in [3.8, 4) is 11.1 Å². The Morgan fingerprint density at radius 3 is 2.09 bits per heavy atom. The molecule has 0 saturated carbocycles. The first kappa shape index (κ1) is 23.9. The summed E-state index contributed by atoms with van der Waals surface area (Å²) in [4.78, 5) is 16.2. The van der Waals surface area contributed by atoms with Gasteiger partial charge in [0.1, 0.15) is 5.82 Å². The normalized spacial score (nSPS) is 11.7. The molecule has 3 N–H and O–H groups in total. The molecule has 0 fully saturated rings. The van der Waals surface area contributed by atoms with Gasteiger partial charge in [-0.3, -0.25) is 0 Å². The fraction of sp³-hybridized carbons (Fsp3) is 0.182. The minimum absolute atomic E-state index is 0.0425. The van der Waals surface area contributed by atoms with E-state index in [2.05, 4.69) is 20.9 Å². The number of carbonyl (C=O) groups is 1. The second-order valence-corrected chi connectivity index (χ2v) is 6.87. The SMILES string of the molecule is CCNc1cc(-c2ccc(NC(=O)Nc3ccc(C(F)(F)F)cc3)cc2C(F)(F)F)ccn1. The lowest BCUT2D eigenvalue weighted by Crippen LogP contribution is -2.20. The van der Waals surface area contributed by atoms with Crippen LogP contribution in [0.3, 0.4) is 0 Å². The molecule has 174 valence electrons. The third kappa shape index (κ3) is 6.15. The molecule has 3 aromatic rings. The van der Waals surface area contributed by atoms with E-state index in [1.54, 1.807) is 0 Å². The summed E-state index contributed by atoms with van der Waals surface area (Å²) in [6.45, 7) is 2.37. The Bertz CT molecular complexity index is 1130. The van der Waals surface area contributed by atoms with Crippen LogP contribution < -0.4 is 16.0 Å². The molecule has 0 aliphatic heterocycles. The van der Waals surface area contributed by atoms with Crippen LogP contribution in [0.15, 0.2) is 60.8 Å². The molecule has 0 bridgehead atoms. The summed E-state index contributed by atoms with van der Waals surface area (Å²) in [6, 6.07) is 8.96. The predicted molar refractivity (Wildman–Crippen MR) is 113 cm³/mol. The summed E-state index contributed by atoms with van der Waals surface area (Å²) in [5.74, 6) is 0.418. The molecule has 0 atom stereocenters. The number of rotatable bonds is 5. The smallest absolute Gasteiger partial charge is 0.370 e. The van der Waals surface area contributed by atoms with Gasteiger partial charge >= 0.3 is 18.4 Å². The monoisotopic (exact) mass is 468 g/mol. The van der Waals surface area contributed by atoms with Crippen molar-refractivity contribution >= 4 is 23.2 Å². The van der Waals surface area contributed by atoms with Crippen LogP contribution in [0.5, 0.6) is 0 Å². The highest BCUT2D eigenvalue weighted by Crippen LogP contribution is 2.39. The van der Waals surface area contributed by atoms with Gasteiger partial charge in [-0.2, -0.15) is 26.3 Å². The van der Waals surface area contributed by atoms with E-state index in [-0.39, 0.29) is 22.5 Å². The molecule has 33 heavy (non-hydrogen) atoms. The number of alkyl halides is 6. The number of aromatic nitrogens is 1. The number of urea groups is 1. The quantitative estimate of drug-likeness (QED) is 0.359. The summed E-state index contributed by atoms with van der Waals surface area (Å²) in [5.41, 5.74) is -1.78. The van der Waals surface area contributed by atoms with Gasteiger partial charge in [0.25, 0.3) is 0 Å². The second-order valence-electron chi connectivity index (χ2n) is 6.87. The van der Waals surface area contributed by atoms with Crippen molar-refractivity contribution < 1.29 is 31.1 Å². The van der Waals surface area contributed by atoms with Crippen molar-refractivity contribution in [2.45, 2.75) is 19.3 Å². The molecule has 0 saturated heterocycles. The highest BCUT2D eigenvalue weighted by molar-refractivity contribution is 6.00. The zero-order valence-corrected chi connectivity index (χ0v) is 17.1. The lowest BCUT2D eigenvalue weighted by molar-refractivity contribution is -0.138. The molecule has 1 aromatic heterocycles. The number of pyridine rings is 1. The van der Waals surface area contributed by atoms with Gasteiger partial charge in [0.2, 0.25) is 0 Å². The van der Waals surface area contributed by atoms with E-state index < -0.39 is 29.5 Å². The number of amides is 2. The average molecular weight is 468 g/mol. The van der Waals surface area contributed by atoms with E-state index >= 15 is 0 Å². The molecule has 0 radical (unpaired) electrons. The van der Waals surface area contributed by atoms with Gasteiger partial charge in [0.05, 0.1) is 11.1 Å². The van der Waals surface area contributed by atoms with E-state index in [0.717, 1.165) is 30.3 Å². The minimum Gasteiger partial charge on any atom is -0.370 e. The first-order valence-electron chi connectivity index (χ1n) is 9.64. The van der Waals surface area contributed by atoms with Crippen molar-refractivity contribution in [3.63, 3.8) is 0 Å². The standard InChI is InChI=1S/C22H18F6N4O/c1-2-29-19-11-13(9-10-30-19)17-8-7-16(12-18(17)22(26,27)28)32-20(33)31-15-5-3-14(4-6-15)21(23,24)25/h3-12H,2H2,1H3,(H,29,30)(H2,31,32,33). The van der Waals surface area contributed by atoms with Crippen LogP contribution in [0.1, 0.15) is 18.1 Å². The Kier molecular flexibility index (Phi) is 6.80. The summed E-state index contributed by atoms with van der Waals surface area (Å²) < 4.78 is 79.1. The Hall–Kier alpha value is -3.76. The van der Waals surface area contributed by atoms with Crippen LogP contribution in [-0.4, -0.2) is 17.6 Å². The number of anilines is 3. The van der Waals surface area contributed by atoms with Crippen molar-refractivity contribution in [1.29, 1.82) is 0 Å². The van der Waals surface area contributed by atoms with Crippen molar-refractivity contribution in [2.24, 2.45) is 0 Å². The van der Waals surface area contributed by atoms with Gasteiger partial charge in [0.15, 0.2) is 0 Å². The molecular formula is C22H18F6N4O. The molecule has 0 unspecified atom stereocenters. The number of nitrogens with zero attached hydrogens (tertiary/aromatic N) is 1. The van der Waals surface area contributed by atoms with Gasteiger partial charge in [-0.15, -0.1) is 0 Å². The minimum atomic E-state index is -4.71. The lowest BCUT2D eigenvalue weighted by atomic mass is 9.99. The first-order valence-corrected chi connectivity index (χ1v) is 9.64. The number of nitrogens with one attached hydrogen (secondary N) is 3. The number of hydrogen-bond acceptors (Lipinski definition) is 3. The molecule has 1 heterocycles. The average Bonchev–Trinajstić information content (AvgIpc) is 2.73. The lowest BCUT2D eigenvalue weighted by Gasteiger charge is -2.16. The van der Waals surface area contributed by atoms with Crippen LogP contribution in [0.25, 0.3) is 11.1 Å².